The van der Waals surface area contributed by atoms with Crippen molar-refractivity contribution in [3.8, 4) is 0 Å². The molecule has 1 fully saturated rings. The van der Waals surface area contributed by atoms with Crippen molar-refractivity contribution in [2.75, 3.05) is 7.11 Å². The molecular weight excluding hydrogens is 358 g/mol. The van der Waals surface area contributed by atoms with Crippen molar-refractivity contribution in [3.63, 3.8) is 0 Å². The molecule has 0 heterocycles. The van der Waals surface area contributed by atoms with Gasteiger partial charge in [0.25, 0.3) is 0 Å². The first-order valence-corrected chi connectivity index (χ1v) is 9.84. The smallest absolute Gasteiger partial charge is 0.329 e. The van der Waals surface area contributed by atoms with E-state index in [2.05, 4.69) is 5.32 Å². The number of rotatable bonds is 6. The number of hydrogen-bond acceptors (Lipinski definition) is 5. The molecule has 0 unspecified atom stereocenters. The van der Waals surface area contributed by atoms with Crippen molar-refractivity contribution >= 4 is 17.8 Å². The lowest BCUT2D eigenvalue weighted by molar-refractivity contribution is -0.159. The molecule has 1 amide bonds. The van der Waals surface area contributed by atoms with E-state index >= 15 is 0 Å². The lowest BCUT2D eigenvalue weighted by Crippen LogP contribution is -2.48. The number of hydrogen-bond donors (Lipinski definition) is 1. The summed E-state index contributed by atoms with van der Waals surface area (Å²) in [6.45, 7) is 5.42. The van der Waals surface area contributed by atoms with E-state index in [1.54, 1.807) is 20.8 Å². The van der Waals surface area contributed by atoms with Gasteiger partial charge in [0.05, 0.1) is 13.0 Å². The summed E-state index contributed by atoms with van der Waals surface area (Å²) in [4.78, 5) is 37.1. The van der Waals surface area contributed by atoms with E-state index in [-0.39, 0.29) is 23.7 Å². The molecule has 1 aliphatic carbocycles. The summed E-state index contributed by atoms with van der Waals surface area (Å²) in [6.07, 6.45) is 2.84. The third-order valence-corrected chi connectivity index (χ3v) is 4.92. The second-order valence-corrected chi connectivity index (χ2v) is 8.36. The molecular formula is C22H31NO5. The Morgan fingerprint density at radius 2 is 1.61 bits per heavy atom. The maximum Gasteiger partial charge on any atom is 0.329 e. The Balaban J connectivity index is 2.01. The first kappa shape index (κ1) is 21.9. The zero-order valence-corrected chi connectivity index (χ0v) is 17.2. The largest absolute Gasteiger partial charge is 0.469 e. The van der Waals surface area contributed by atoms with Crippen LogP contribution in [0.3, 0.4) is 0 Å². The Labute approximate surface area is 167 Å². The van der Waals surface area contributed by atoms with E-state index < -0.39 is 17.6 Å². The van der Waals surface area contributed by atoms with Gasteiger partial charge in [0.15, 0.2) is 0 Å². The first-order valence-electron chi connectivity index (χ1n) is 9.84. The van der Waals surface area contributed by atoms with Crippen LogP contribution in [0.2, 0.25) is 0 Å². The summed E-state index contributed by atoms with van der Waals surface area (Å²) in [7, 11) is 1.39. The van der Waals surface area contributed by atoms with E-state index in [9.17, 15) is 14.4 Å². The van der Waals surface area contributed by atoms with Gasteiger partial charge in [0.1, 0.15) is 11.6 Å². The van der Waals surface area contributed by atoms with Crippen LogP contribution < -0.4 is 5.32 Å². The molecule has 1 N–H and O–H groups in total. The van der Waals surface area contributed by atoms with Gasteiger partial charge in [0.2, 0.25) is 5.91 Å². The minimum absolute atomic E-state index is 0.139. The molecule has 0 bridgehead atoms. The second-order valence-electron chi connectivity index (χ2n) is 8.36. The lowest BCUT2D eigenvalue weighted by Gasteiger charge is -2.29. The highest BCUT2D eigenvalue weighted by Crippen LogP contribution is 2.30. The summed E-state index contributed by atoms with van der Waals surface area (Å²) >= 11 is 0. The molecule has 1 aromatic rings. The quantitative estimate of drug-likeness (QED) is 0.757. The van der Waals surface area contributed by atoms with Gasteiger partial charge < -0.3 is 14.8 Å². The van der Waals surface area contributed by atoms with Crippen LogP contribution in [0, 0.1) is 11.8 Å². The summed E-state index contributed by atoms with van der Waals surface area (Å²) < 4.78 is 10.3. The highest BCUT2D eigenvalue weighted by atomic mass is 16.6. The molecule has 0 radical (unpaired) electrons. The van der Waals surface area contributed by atoms with Crippen molar-refractivity contribution in [1.82, 2.24) is 5.32 Å². The van der Waals surface area contributed by atoms with Crippen LogP contribution in [0.15, 0.2) is 30.3 Å². The van der Waals surface area contributed by atoms with Gasteiger partial charge >= 0.3 is 11.9 Å². The predicted molar refractivity (Wildman–Crippen MR) is 105 cm³/mol. The fourth-order valence-corrected chi connectivity index (χ4v) is 3.46. The van der Waals surface area contributed by atoms with Gasteiger partial charge in [-0.1, -0.05) is 30.3 Å². The average molecular weight is 389 g/mol. The Morgan fingerprint density at radius 3 is 2.14 bits per heavy atom. The molecule has 6 heteroatoms. The zero-order valence-electron chi connectivity index (χ0n) is 17.2. The molecule has 6 nitrogen and oxygen atoms in total. The SMILES string of the molecule is COC(=O)C1CCC(C(=O)N[C@@H](Cc2ccccc2)C(=O)OC(C)(C)C)CC1. The number of amides is 1. The molecule has 0 spiro atoms. The highest BCUT2D eigenvalue weighted by molar-refractivity contribution is 5.86. The number of carbonyl (C=O) groups excluding carboxylic acids is 3. The number of nitrogens with one attached hydrogen (secondary N) is 1. The number of esters is 2. The third-order valence-electron chi connectivity index (χ3n) is 4.92. The molecule has 28 heavy (non-hydrogen) atoms. The normalized spacial score (nSPS) is 20.7. The maximum absolute atomic E-state index is 12.8. The number of methoxy groups -OCH3 is 1. The van der Waals surface area contributed by atoms with Crippen molar-refractivity contribution < 1.29 is 23.9 Å². The topological polar surface area (TPSA) is 81.7 Å². The standard InChI is InChI=1S/C22H31NO5/c1-22(2,3)28-21(26)18(14-15-8-6-5-7-9-15)23-19(24)16-10-12-17(13-11-16)20(25)27-4/h5-9,16-18H,10-14H2,1-4H3,(H,23,24)/t16?,17?,18-/m0/s1. The minimum atomic E-state index is -0.743. The van der Waals surface area contributed by atoms with Crippen molar-refractivity contribution in [2.24, 2.45) is 11.8 Å². The van der Waals surface area contributed by atoms with Gasteiger partial charge in [-0.15, -0.1) is 0 Å². The van der Waals surface area contributed by atoms with Crippen LogP contribution in [0.1, 0.15) is 52.0 Å². The molecule has 154 valence electrons. The average Bonchev–Trinajstić information content (AvgIpc) is 2.66. The van der Waals surface area contributed by atoms with Gasteiger partial charge in [-0.25, -0.2) is 4.79 Å². The third kappa shape index (κ3) is 6.66. The molecule has 1 aromatic carbocycles. The fourth-order valence-electron chi connectivity index (χ4n) is 3.46. The molecule has 1 aliphatic rings. The molecule has 2 rings (SSSR count). The van der Waals surface area contributed by atoms with Crippen molar-refractivity contribution in [2.45, 2.75) is 64.5 Å². The Morgan fingerprint density at radius 1 is 1.04 bits per heavy atom. The first-order chi connectivity index (χ1) is 13.2. The van der Waals surface area contributed by atoms with E-state index in [4.69, 9.17) is 9.47 Å². The molecule has 1 saturated carbocycles. The maximum atomic E-state index is 12.8. The van der Waals surface area contributed by atoms with E-state index in [0.717, 1.165) is 5.56 Å². The zero-order chi connectivity index (χ0) is 20.7. The second kappa shape index (κ2) is 9.71. The van der Waals surface area contributed by atoms with E-state index in [1.165, 1.54) is 7.11 Å². The number of benzene rings is 1. The highest BCUT2D eigenvalue weighted by Gasteiger charge is 2.33. The molecule has 0 aliphatic heterocycles. The lowest BCUT2D eigenvalue weighted by atomic mass is 9.81. The van der Waals surface area contributed by atoms with Gasteiger partial charge in [0, 0.05) is 12.3 Å². The van der Waals surface area contributed by atoms with Gasteiger partial charge in [-0.05, 0) is 52.0 Å². The molecule has 0 saturated heterocycles. The van der Waals surface area contributed by atoms with E-state index in [1.807, 2.05) is 30.3 Å². The van der Waals surface area contributed by atoms with E-state index in [0.29, 0.717) is 32.1 Å². The van der Waals surface area contributed by atoms with Crippen LogP contribution in [0.25, 0.3) is 0 Å². The summed E-state index contributed by atoms with van der Waals surface area (Å²) in [5.41, 5.74) is 0.322. The van der Waals surface area contributed by atoms with Crippen LogP contribution in [-0.2, 0) is 30.3 Å². The van der Waals surface area contributed by atoms with Crippen LogP contribution >= 0.6 is 0 Å². The van der Waals surface area contributed by atoms with Crippen LogP contribution in [-0.4, -0.2) is 36.6 Å². The van der Waals surface area contributed by atoms with Crippen LogP contribution in [0.4, 0.5) is 0 Å². The minimum Gasteiger partial charge on any atom is -0.469 e. The molecule has 1 atom stereocenters. The number of ether oxygens (including phenoxy) is 2. The predicted octanol–water partition coefficient (Wildman–Crippen LogP) is 3.04. The van der Waals surface area contributed by atoms with Crippen molar-refractivity contribution in [1.29, 1.82) is 0 Å². The monoisotopic (exact) mass is 389 g/mol. The number of carbonyl (C=O) groups is 3. The summed E-state index contributed by atoms with van der Waals surface area (Å²) in [5.74, 6) is -1.15. The summed E-state index contributed by atoms with van der Waals surface area (Å²) in [5, 5.41) is 2.89. The fraction of sp³-hybridized carbons (Fsp3) is 0.591. The Hall–Kier alpha value is -2.37. The van der Waals surface area contributed by atoms with Gasteiger partial charge in [-0.2, -0.15) is 0 Å². The Bertz CT molecular complexity index is 672. The van der Waals surface area contributed by atoms with Gasteiger partial charge in [-0.3, -0.25) is 9.59 Å². The summed E-state index contributed by atoms with van der Waals surface area (Å²) in [6, 6.07) is 8.81. The Kier molecular flexibility index (Phi) is 7.61. The van der Waals surface area contributed by atoms with Crippen LogP contribution in [0.5, 0.6) is 0 Å². The van der Waals surface area contributed by atoms with Crippen molar-refractivity contribution in [3.05, 3.63) is 35.9 Å². The molecule has 0 aromatic heterocycles.